The highest BCUT2D eigenvalue weighted by molar-refractivity contribution is 6.19. The van der Waals surface area contributed by atoms with Gasteiger partial charge in [0.2, 0.25) is 0 Å². The van der Waals surface area contributed by atoms with Crippen LogP contribution < -0.4 is 4.90 Å². The van der Waals surface area contributed by atoms with Crippen LogP contribution in [0, 0.1) is 0 Å². The Morgan fingerprint density at radius 1 is 0.355 bits per heavy atom. The van der Waals surface area contributed by atoms with E-state index in [0.717, 1.165) is 88.9 Å². The van der Waals surface area contributed by atoms with Crippen molar-refractivity contribution in [3.8, 4) is 27.9 Å². The monoisotopic (exact) mass is 792 g/mol. The van der Waals surface area contributed by atoms with E-state index in [0.29, 0.717) is 0 Å². The number of rotatable bonds is 6. The van der Waals surface area contributed by atoms with Gasteiger partial charge in [0.25, 0.3) is 0 Å². The molecule has 3 aromatic heterocycles. The summed E-state index contributed by atoms with van der Waals surface area (Å²) < 4.78 is 15.9. The molecule has 3 heterocycles. The zero-order valence-corrected chi connectivity index (χ0v) is 33.5. The minimum Gasteiger partial charge on any atom is -0.456 e. The van der Waals surface area contributed by atoms with Crippen molar-refractivity contribution in [3.63, 3.8) is 0 Å². The molecule has 0 radical (unpaired) electrons. The first-order valence-corrected chi connectivity index (χ1v) is 21.1. The van der Waals surface area contributed by atoms with Crippen molar-refractivity contribution in [2.75, 3.05) is 4.90 Å². The third-order valence-corrected chi connectivity index (χ3v) is 12.6. The molecule has 4 nitrogen and oxygen atoms in total. The van der Waals surface area contributed by atoms with Gasteiger partial charge < -0.3 is 18.3 Å². The van der Waals surface area contributed by atoms with Gasteiger partial charge in [0.15, 0.2) is 5.58 Å². The molecule has 0 N–H and O–H groups in total. The number of benzene rings is 10. The lowest BCUT2D eigenvalue weighted by molar-refractivity contribution is 0.668. The van der Waals surface area contributed by atoms with Gasteiger partial charge in [-0.15, -0.1) is 0 Å². The number of aromatic nitrogens is 1. The summed E-state index contributed by atoms with van der Waals surface area (Å²) in [5.74, 6) is 0. The molecule has 0 atom stereocenters. The fourth-order valence-electron chi connectivity index (χ4n) is 9.71. The van der Waals surface area contributed by atoms with E-state index in [9.17, 15) is 0 Å². The molecule has 290 valence electrons. The molecule has 0 bridgehead atoms. The van der Waals surface area contributed by atoms with Gasteiger partial charge in [-0.2, -0.15) is 0 Å². The SMILES string of the molecule is c1ccc(-c2cccc3c2oc2c(N(c4ccc(-c5ccc6c7ccc8ccccc8c7n(-c7ccccc7)c6c5)cc4)c4ccc5c(c4)oc4ccccc45)cccc23)cc1. The lowest BCUT2D eigenvalue weighted by Crippen LogP contribution is -2.10. The summed E-state index contributed by atoms with van der Waals surface area (Å²) in [7, 11) is 0. The summed E-state index contributed by atoms with van der Waals surface area (Å²) >= 11 is 0. The maximum atomic E-state index is 6.99. The molecule has 0 saturated heterocycles. The first-order chi connectivity index (χ1) is 30.7. The van der Waals surface area contributed by atoms with Gasteiger partial charge in [0.05, 0.1) is 22.4 Å². The zero-order chi connectivity index (χ0) is 40.7. The Kier molecular flexibility index (Phi) is 7.57. The summed E-state index contributed by atoms with van der Waals surface area (Å²) in [5.41, 5.74) is 14.4. The van der Waals surface area contributed by atoms with Crippen LogP contribution in [0.3, 0.4) is 0 Å². The first kappa shape index (κ1) is 34.5. The smallest absolute Gasteiger partial charge is 0.159 e. The van der Waals surface area contributed by atoms with Crippen LogP contribution in [0.4, 0.5) is 17.1 Å². The Morgan fingerprint density at radius 3 is 1.85 bits per heavy atom. The lowest BCUT2D eigenvalue weighted by Gasteiger charge is -2.25. The second kappa shape index (κ2) is 13.6. The Bertz CT molecular complexity index is 3860. The average molecular weight is 793 g/mol. The lowest BCUT2D eigenvalue weighted by atomic mass is 10.0. The zero-order valence-electron chi connectivity index (χ0n) is 33.5. The number of hydrogen-bond donors (Lipinski definition) is 0. The number of anilines is 3. The normalized spacial score (nSPS) is 11.9. The molecule has 0 aliphatic rings. The molecule has 0 saturated carbocycles. The Morgan fingerprint density at radius 2 is 1.00 bits per heavy atom. The second-order valence-corrected chi connectivity index (χ2v) is 16.1. The highest BCUT2D eigenvalue weighted by Crippen LogP contribution is 2.46. The predicted molar refractivity (Wildman–Crippen MR) is 258 cm³/mol. The van der Waals surface area contributed by atoms with Gasteiger partial charge in [-0.3, -0.25) is 0 Å². The van der Waals surface area contributed by atoms with Gasteiger partial charge in [0.1, 0.15) is 16.7 Å². The molecule has 0 aliphatic heterocycles. The van der Waals surface area contributed by atoms with E-state index in [1.165, 1.54) is 32.6 Å². The van der Waals surface area contributed by atoms with Crippen molar-refractivity contribution < 1.29 is 8.83 Å². The molecule has 0 amide bonds. The summed E-state index contributed by atoms with van der Waals surface area (Å²) in [6.45, 7) is 0. The van der Waals surface area contributed by atoms with Gasteiger partial charge >= 0.3 is 0 Å². The molecular weight excluding hydrogens is 757 g/mol. The fourth-order valence-corrected chi connectivity index (χ4v) is 9.71. The van der Waals surface area contributed by atoms with Crippen LogP contribution in [0.1, 0.15) is 0 Å². The second-order valence-electron chi connectivity index (χ2n) is 16.1. The molecule has 4 heteroatoms. The van der Waals surface area contributed by atoms with Crippen LogP contribution >= 0.6 is 0 Å². The molecule has 0 aliphatic carbocycles. The molecule has 62 heavy (non-hydrogen) atoms. The van der Waals surface area contributed by atoms with Crippen LogP contribution in [-0.2, 0) is 0 Å². The van der Waals surface area contributed by atoms with E-state index in [2.05, 4.69) is 210 Å². The van der Waals surface area contributed by atoms with Crippen molar-refractivity contribution in [1.82, 2.24) is 4.57 Å². The number of fused-ring (bicyclic) bond motifs is 11. The molecular formula is C58H36N2O2. The van der Waals surface area contributed by atoms with Crippen molar-refractivity contribution in [2.45, 2.75) is 0 Å². The maximum absolute atomic E-state index is 6.99. The number of para-hydroxylation sites is 4. The Labute approximate surface area is 356 Å². The van der Waals surface area contributed by atoms with Crippen molar-refractivity contribution in [1.29, 1.82) is 0 Å². The van der Waals surface area contributed by atoms with Crippen molar-refractivity contribution in [2.24, 2.45) is 0 Å². The van der Waals surface area contributed by atoms with Gasteiger partial charge in [-0.1, -0.05) is 158 Å². The predicted octanol–water partition coefficient (Wildman–Crippen LogP) is 16.5. The minimum absolute atomic E-state index is 0.825. The Hall–Kier alpha value is -8.34. The molecule has 13 aromatic rings. The van der Waals surface area contributed by atoms with Crippen LogP contribution in [-0.4, -0.2) is 4.57 Å². The van der Waals surface area contributed by atoms with Crippen LogP contribution in [0.25, 0.3) is 104 Å². The number of furan rings is 2. The average Bonchev–Trinajstić information content (AvgIpc) is 4.02. The molecule has 13 rings (SSSR count). The summed E-state index contributed by atoms with van der Waals surface area (Å²) in [6.07, 6.45) is 0. The quantitative estimate of drug-likeness (QED) is 0.168. The Balaban J connectivity index is 0.990. The van der Waals surface area contributed by atoms with E-state index in [4.69, 9.17) is 8.83 Å². The number of nitrogens with zero attached hydrogens (tertiary/aromatic N) is 2. The molecule has 10 aromatic carbocycles. The minimum atomic E-state index is 0.825. The van der Waals surface area contributed by atoms with E-state index in [1.54, 1.807) is 0 Å². The van der Waals surface area contributed by atoms with Gasteiger partial charge in [0, 0.05) is 60.7 Å². The van der Waals surface area contributed by atoms with Crippen LogP contribution in [0.15, 0.2) is 227 Å². The fraction of sp³-hybridized carbons (Fsp3) is 0. The molecule has 0 spiro atoms. The summed E-state index contributed by atoms with van der Waals surface area (Å²) in [4.78, 5) is 2.30. The van der Waals surface area contributed by atoms with Crippen LogP contribution in [0.2, 0.25) is 0 Å². The van der Waals surface area contributed by atoms with Gasteiger partial charge in [-0.05, 0) is 76.7 Å². The topological polar surface area (TPSA) is 34.5 Å². The summed E-state index contributed by atoms with van der Waals surface area (Å²) in [6, 6.07) is 77.8. The maximum Gasteiger partial charge on any atom is 0.159 e. The largest absolute Gasteiger partial charge is 0.456 e. The molecule has 0 unspecified atom stereocenters. The molecule has 0 fully saturated rings. The van der Waals surface area contributed by atoms with E-state index in [-0.39, 0.29) is 0 Å². The van der Waals surface area contributed by atoms with E-state index < -0.39 is 0 Å². The number of hydrogen-bond acceptors (Lipinski definition) is 3. The third kappa shape index (κ3) is 5.27. The van der Waals surface area contributed by atoms with Crippen molar-refractivity contribution in [3.05, 3.63) is 218 Å². The highest BCUT2D eigenvalue weighted by atomic mass is 16.3. The van der Waals surface area contributed by atoms with Gasteiger partial charge in [-0.25, -0.2) is 0 Å². The van der Waals surface area contributed by atoms with Crippen LogP contribution in [0.5, 0.6) is 0 Å². The standard InChI is InChI=1S/C58H36N2O2/c1-3-13-38(14-4-1)45-20-11-21-50-51-22-12-23-52(58(51)62-57(45)50)59(43-31-34-48-47-19-9-10-24-54(47)61-55(48)36-43)42-29-25-37(26-30-42)40-28-32-46-49-33-27-39-15-7-8-18-44(39)56(49)60(53(46)35-40)41-16-5-2-6-17-41/h1-36H. The first-order valence-electron chi connectivity index (χ1n) is 21.1. The van der Waals surface area contributed by atoms with Crippen molar-refractivity contribution >= 4 is 93.5 Å². The summed E-state index contributed by atoms with van der Waals surface area (Å²) in [5, 5.41) is 9.30. The van der Waals surface area contributed by atoms with E-state index in [1.807, 2.05) is 18.2 Å². The van der Waals surface area contributed by atoms with E-state index >= 15 is 0 Å². The third-order valence-electron chi connectivity index (χ3n) is 12.6. The highest BCUT2D eigenvalue weighted by Gasteiger charge is 2.22.